The second-order valence-electron chi connectivity index (χ2n) is 4.76. The predicted molar refractivity (Wildman–Crippen MR) is 87.8 cm³/mol. The first-order chi connectivity index (χ1) is 10.1. The molecule has 0 aliphatic carbocycles. The highest BCUT2D eigenvalue weighted by atomic mass is 79.9. The first-order valence-electron chi connectivity index (χ1n) is 6.86. The van der Waals surface area contributed by atoms with Crippen molar-refractivity contribution in [3.63, 3.8) is 0 Å². The molecule has 0 fully saturated rings. The van der Waals surface area contributed by atoms with Crippen molar-refractivity contribution in [2.75, 3.05) is 12.3 Å². The van der Waals surface area contributed by atoms with Gasteiger partial charge in [-0.2, -0.15) is 0 Å². The molecule has 0 aliphatic heterocycles. The van der Waals surface area contributed by atoms with Gasteiger partial charge in [-0.3, -0.25) is 4.79 Å². The molecule has 1 aromatic carbocycles. The number of pyridine rings is 1. The fraction of sp³-hybridized carbons (Fsp3) is 0.250. The van der Waals surface area contributed by atoms with Crippen LogP contribution in [0.2, 0.25) is 0 Å². The third kappa shape index (κ3) is 3.82. The minimum atomic E-state index is -0.0902. The molecule has 1 amide bonds. The van der Waals surface area contributed by atoms with E-state index in [9.17, 15) is 4.79 Å². The summed E-state index contributed by atoms with van der Waals surface area (Å²) in [5, 5.41) is 0. The van der Waals surface area contributed by atoms with Crippen molar-refractivity contribution in [1.82, 2.24) is 9.88 Å². The van der Waals surface area contributed by atoms with Crippen molar-refractivity contribution in [3.8, 4) is 0 Å². The van der Waals surface area contributed by atoms with Crippen molar-refractivity contribution in [2.24, 2.45) is 0 Å². The number of carbonyl (C=O) groups is 1. The fourth-order valence-electron chi connectivity index (χ4n) is 2.10. The normalized spacial score (nSPS) is 10.4. The molecule has 0 bridgehead atoms. The lowest BCUT2D eigenvalue weighted by atomic mass is 10.1. The lowest BCUT2D eigenvalue weighted by molar-refractivity contribution is 0.0736. The fourth-order valence-corrected chi connectivity index (χ4v) is 2.52. The molecule has 1 heterocycles. The summed E-state index contributed by atoms with van der Waals surface area (Å²) in [7, 11) is 0. The monoisotopic (exact) mass is 347 g/mol. The van der Waals surface area contributed by atoms with Crippen LogP contribution in [0.1, 0.15) is 29.4 Å². The second kappa shape index (κ2) is 7.22. The van der Waals surface area contributed by atoms with E-state index in [-0.39, 0.29) is 5.91 Å². The zero-order valence-electron chi connectivity index (χ0n) is 11.9. The van der Waals surface area contributed by atoms with Crippen LogP contribution in [0.15, 0.2) is 47.1 Å². The van der Waals surface area contributed by atoms with Crippen LogP contribution in [-0.4, -0.2) is 22.3 Å². The number of nitrogens with zero attached hydrogens (tertiary/aromatic N) is 2. The first kappa shape index (κ1) is 15.5. The molecule has 5 heteroatoms. The number of anilines is 1. The Morgan fingerprint density at radius 2 is 2.05 bits per heavy atom. The summed E-state index contributed by atoms with van der Waals surface area (Å²) in [5.74, 6) is -0.0902. The van der Waals surface area contributed by atoms with Crippen LogP contribution in [-0.2, 0) is 6.54 Å². The van der Waals surface area contributed by atoms with Crippen LogP contribution in [0, 0.1) is 0 Å². The lowest BCUT2D eigenvalue weighted by Gasteiger charge is -2.23. The largest absolute Gasteiger partial charge is 0.398 e. The highest BCUT2D eigenvalue weighted by molar-refractivity contribution is 9.10. The van der Waals surface area contributed by atoms with Crippen molar-refractivity contribution in [2.45, 2.75) is 19.9 Å². The molecule has 0 atom stereocenters. The quantitative estimate of drug-likeness (QED) is 0.842. The molecule has 0 aliphatic rings. The number of nitrogen functional groups attached to an aromatic ring is 1. The van der Waals surface area contributed by atoms with Gasteiger partial charge in [-0.05, 0) is 46.1 Å². The average Bonchev–Trinajstić information content (AvgIpc) is 2.49. The van der Waals surface area contributed by atoms with Crippen molar-refractivity contribution < 1.29 is 4.79 Å². The van der Waals surface area contributed by atoms with E-state index in [1.54, 1.807) is 17.2 Å². The summed E-state index contributed by atoms with van der Waals surface area (Å²) in [6.45, 7) is 3.20. The molecule has 2 N–H and O–H groups in total. The number of halogens is 1. The highest BCUT2D eigenvalue weighted by Crippen LogP contribution is 2.19. The van der Waals surface area contributed by atoms with Gasteiger partial charge >= 0.3 is 0 Å². The SMILES string of the molecule is CCCN(Cc1ccccc1N)C(=O)c1ncccc1Br. The molecule has 0 spiro atoms. The Morgan fingerprint density at radius 1 is 1.29 bits per heavy atom. The first-order valence-corrected chi connectivity index (χ1v) is 7.66. The van der Waals surface area contributed by atoms with Crippen molar-refractivity contribution in [1.29, 1.82) is 0 Å². The maximum Gasteiger partial charge on any atom is 0.273 e. The number of hydrogen-bond acceptors (Lipinski definition) is 3. The van der Waals surface area contributed by atoms with Gasteiger partial charge in [0.1, 0.15) is 5.69 Å². The van der Waals surface area contributed by atoms with Gasteiger partial charge in [0.05, 0.1) is 0 Å². The van der Waals surface area contributed by atoms with E-state index in [1.165, 1.54) is 0 Å². The Morgan fingerprint density at radius 3 is 2.71 bits per heavy atom. The summed E-state index contributed by atoms with van der Waals surface area (Å²) < 4.78 is 0.706. The number of amides is 1. The Bertz CT molecular complexity index is 630. The number of aromatic nitrogens is 1. The topological polar surface area (TPSA) is 59.2 Å². The smallest absolute Gasteiger partial charge is 0.273 e. The Kier molecular flexibility index (Phi) is 5.33. The minimum absolute atomic E-state index is 0.0902. The number of nitrogens with two attached hydrogens (primary N) is 1. The average molecular weight is 348 g/mol. The molecule has 2 rings (SSSR count). The van der Waals surface area contributed by atoms with E-state index in [0.29, 0.717) is 28.9 Å². The summed E-state index contributed by atoms with van der Waals surface area (Å²) in [6.07, 6.45) is 2.50. The van der Waals surface area contributed by atoms with Crippen molar-refractivity contribution in [3.05, 3.63) is 58.3 Å². The van der Waals surface area contributed by atoms with Gasteiger partial charge in [0.25, 0.3) is 5.91 Å². The van der Waals surface area contributed by atoms with Gasteiger partial charge in [0.15, 0.2) is 0 Å². The molecule has 21 heavy (non-hydrogen) atoms. The van der Waals surface area contributed by atoms with Gasteiger partial charge < -0.3 is 10.6 Å². The zero-order chi connectivity index (χ0) is 15.2. The summed E-state index contributed by atoms with van der Waals surface area (Å²) in [6, 6.07) is 11.2. The summed E-state index contributed by atoms with van der Waals surface area (Å²) in [4.78, 5) is 18.6. The third-order valence-corrected chi connectivity index (χ3v) is 3.80. The Hall–Kier alpha value is -1.88. The van der Waals surface area contributed by atoms with E-state index in [2.05, 4.69) is 20.9 Å². The number of benzene rings is 1. The van der Waals surface area contributed by atoms with Gasteiger partial charge in [0.2, 0.25) is 0 Å². The third-order valence-electron chi connectivity index (χ3n) is 3.16. The molecule has 1 aromatic heterocycles. The van der Waals surface area contributed by atoms with Crippen LogP contribution in [0.5, 0.6) is 0 Å². The molecule has 110 valence electrons. The molecule has 0 saturated carbocycles. The molecule has 4 nitrogen and oxygen atoms in total. The van der Waals surface area contributed by atoms with E-state index >= 15 is 0 Å². The van der Waals surface area contributed by atoms with Gasteiger partial charge in [-0.25, -0.2) is 4.98 Å². The number of carbonyl (C=O) groups excluding carboxylic acids is 1. The molecular weight excluding hydrogens is 330 g/mol. The highest BCUT2D eigenvalue weighted by Gasteiger charge is 2.19. The number of hydrogen-bond donors (Lipinski definition) is 1. The minimum Gasteiger partial charge on any atom is -0.398 e. The van der Waals surface area contributed by atoms with Crippen LogP contribution in [0.3, 0.4) is 0 Å². The molecule has 2 aromatic rings. The maximum absolute atomic E-state index is 12.7. The van der Waals surface area contributed by atoms with E-state index < -0.39 is 0 Å². The molecule has 0 saturated heterocycles. The number of rotatable bonds is 5. The Balaban J connectivity index is 2.25. The Labute approximate surface area is 133 Å². The van der Waals surface area contributed by atoms with E-state index in [1.807, 2.05) is 37.3 Å². The lowest BCUT2D eigenvalue weighted by Crippen LogP contribution is -2.32. The van der Waals surface area contributed by atoms with Crippen LogP contribution < -0.4 is 5.73 Å². The molecule has 0 unspecified atom stereocenters. The number of para-hydroxylation sites is 1. The standard InChI is InChI=1S/C16H18BrN3O/c1-2-10-20(11-12-6-3-4-8-14(12)18)16(21)15-13(17)7-5-9-19-15/h3-9H,2,10-11,18H2,1H3. The summed E-state index contributed by atoms with van der Waals surface area (Å²) >= 11 is 3.38. The summed E-state index contributed by atoms with van der Waals surface area (Å²) in [5.41, 5.74) is 8.05. The predicted octanol–water partition coefficient (Wildman–Crippen LogP) is 3.48. The van der Waals surface area contributed by atoms with E-state index in [0.717, 1.165) is 12.0 Å². The maximum atomic E-state index is 12.7. The zero-order valence-corrected chi connectivity index (χ0v) is 13.5. The van der Waals surface area contributed by atoms with Crippen LogP contribution >= 0.6 is 15.9 Å². The van der Waals surface area contributed by atoms with Crippen molar-refractivity contribution >= 4 is 27.5 Å². The van der Waals surface area contributed by atoms with E-state index in [4.69, 9.17) is 5.73 Å². The van der Waals surface area contributed by atoms with Crippen LogP contribution in [0.25, 0.3) is 0 Å². The van der Waals surface area contributed by atoms with Gasteiger partial charge in [-0.15, -0.1) is 0 Å². The van der Waals surface area contributed by atoms with Gasteiger partial charge in [-0.1, -0.05) is 25.1 Å². The van der Waals surface area contributed by atoms with Gasteiger partial charge in [0, 0.05) is 29.4 Å². The second-order valence-corrected chi connectivity index (χ2v) is 5.61. The van der Waals surface area contributed by atoms with Crippen LogP contribution in [0.4, 0.5) is 5.69 Å². The molecule has 0 radical (unpaired) electrons. The molecular formula is C16H18BrN3O.